The molecule has 0 saturated heterocycles. The van der Waals surface area contributed by atoms with Crippen molar-refractivity contribution in [3.63, 3.8) is 0 Å². The Kier molecular flexibility index (Phi) is 7.19. The van der Waals surface area contributed by atoms with E-state index >= 15 is 0 Å². The van der Waals surface area contributed by atoms with E-state index in [0.29, 0.717) is 18.5 Å². The first kappa shape index (κ1) is 22.8. The van der Waals surface area contributed by atoms with Crippen molar-refractivity contribution in [1.29, 1.82) is 0 Å². The van der Waals surface area contributed by atoms with Gasteiger partial charge < -0.3 is 20.9 Å². The maximum Gasteiger partial charge on any atom is 0.306 e. The van der Waals surface area contributed by atoms with Crippen molar-refractivity contribution in [2.24, 2.45) is 17.6 Å². The molecule has 1 fully saturated rings. The molecule has 3 atom stereocenters. The van der Waals surface area contributed by atoms with Gasteiger partial charge in [-0.15, -0.1) is 0 Å². The van der Waals surface area contributed by atoms with Gasteiger partial charge in [-0.3, -0.25) is 9.59 Å². The molecule has 1 aromatic carbocycles. The van der Waals surface area contributed by atoms with Crippen LogP contribution >= 0.6 is 0 Å². The van der Waals surface area contributed by atoms with Gasteiger partial charge in [-0.25, -0.2) is 0 Å². The van der Waals surface area contributed by atoms with Crippen LogP contribution in [0, 0.1) is 11.8 Å². The Balaban J connectivity index is 1.74. The van der Waals surface area contributed by atoms with Crippen LogP contribution in [0.5, 0.6) is 0 Å². The highest BCUT2D eigenvalue weighted by Crippen LogP contribution is 2.39. The Hall–Kier alpha value is -1.92. The molecule has 1 amide bonds. The Morgan fingerprint density at radius 2 is 1.97 bits per heavy atom. The first-order valence-corrected chi connectivity index (χ1v) is 11.2. The van der Waals surface area contributed by atoms with Crippen molar-refractivity contribution < 1.29 is 19.4 Å². The number of hydrogen-bond acceptors (Lipinski definition) is 4. The predicted molar refractivity (Wildman–Crippen MR) is 117 cm³/mol. The number of carboxylic acid groups (broad SMARTS) is 1. The lowest BCUT2D eigenvalue weighted by molar-refractivity contribution is -0.144. The normalized spacial score (nSPS) is 24.8. The summed E-state index contributed by atoms with van der Waals surface area (Å²) in [5, 5.41) is 13.4. The Labute approximate surface area is 179 Å². The quantitative estimate of drug-likeness (QED) is 0.604. The van der Waals surface area contributed by atoms with E-state index in [2.05, 4.69) is 19.2 Å². The molecule has 0 bridgehead atoms. The van der Waals surface area contributed by atoms with E-state index < -0.39 is 11.9 Å². The van der Waals surface area contributed by atoms with Crippen molar-refractivity contribution in [3.8, 4) is 0 Å². The molecule has 0 spiro atoms. The standard InChI is InChI=1S/C24H36N2O4/c1-24(2)19-13-17(22(25)27)10-9-16(19)14-20(30-3)21(24)26-12-11-18(23(28)29)15-7-5-4-6-8-15/h9-10,13,15,18,20-21,26H,4-8,11-12,14H2,1-3H3,(H2,25,27)(H,28,29). The topological polar surface area (TPSA) is 102 Å². The Bertz CT molecular complexity index is 770. The van der Waals surface area contributed by atoms with Crippen molar-refractivity contribution >= 4 is 11.9 Å². The van der Waals surface area contributed by atoms with Gasteiger partial charge in [-0.2, -0.15) is 0 Å². The van der Waals surface area contributed by atoms with Crippen molar-refractivity contribution in [1.82, 2.24) is 5.32 Å². The molecule has 6 nitrogen and oxygen atoms in total. The number of rotatable bonds is 8. The summed E-state index contributed by atoms with van der Waals surface area (Å²) in [7, 11) is 1.72. The van der Waals surface area contributed by atoms with E-state index in [9.17, 15) is 14.7 Å². The highest BCUT2D eigenvalue weighted by molar-refractivity contribution is 5.93. The molecule has 0 radical (unpaired) electrons. The average molecular weight is 417 g/mol. The molecule has 3 rings (SSSR count). The van der Waals surface area contributed by atoms with E-state index in [4.69, 9.17) is 10.5 Å². The number of nitrogens with one attached hydrogen (secondary N) is 1. The molecular weight excluding hydrogens is 380 g/mol. The highest BCUT2D eigenvalue weighted by atomic mass is 16.5. The molecule has 0 heterocycles. The molecule has 2 aliphatic carbocycles. The number of carbonyl (C=O) groups excluding carboxylic acids is 1. The van der Waals surface area contributed by atoms with E-state index in [1.165, 1.54) is 12.0 Å². The number of carboxylic acids is 1. The third kappa shape index (κ3) is 4.70. The molecule has 1 aromatic rings. The number of methoxy groups -OCH3 is 1. The Morgan fingerprint density at radius 1 is 1.27 bits per heavy atom. The van der Waals surface area contributed by atoms with Gasteiger partial charge in [0.1, 0.15) is 0 Å². The highest BCUT2D eigenvalue weighted by Gasteiger charge is 2.43. The SMILES string of the molecule is COC1Cc2ccc(C(N)=O)cc2C(C)(C)C1NCCC(C(=O)O)C1CCCCC1. The van der Waals surface area contributed by atoms with Gasteiger partial charge in [0.05, 0.1) is 12.0 Å². The lowest BCUT2D eigenvalue weighted by atomic mass is 9.67. The summed E-state index contributed by atoms with van der Waals surface area (Å²) in [5.41, 5.74) is 8.00. The third-order valence-electron chi connectivity index (χ3n) is 7.32. The number of ether oxygens (including phenoxy) is 1. The molecule has 2 aliphatic rings. The van der Waals surface area contributed by atoms with E-state index in [1.54, 1.807) is 13.2 Å². The summed E-state index contributed by atoms with van der Waals surface area (Å²) in [6.45, 7) is 4.93. The first-order chi connectivity index (χ1) is 14.3. The minimum atomic E-state index is -0.675. The van der Waals surface area contributed by atoms with Crippen molar-refractivity contribution in [3.05, 3.63) is 34.9 Å². The van der Waals surface area contributed by atoms with Gasteiger partial charge in [0, 0.05) is 30.6 Å². The number of benzene rings is 1. The second-order valence-electron chi connectivity index (χ2n) is 9.50. The summed E-state index contributed by atoms with van der Waals surface area (Å²) in [4.78, 5) is 23.6. The molecule has 3 unspecified atom stereocenters. The van der Waals surface area contributed by atoms with Crippen molar-refractivity contribution in [2.75, 3.05) is 13.7 Å². The molecule has 30 heavy (non-hydrogen) atoms. The molecule has 1 saturated carbocycles. The zero-order chi connectivity index (χ0) is 21.9. The molecule has 166 valence electrons. The van der Waals surface area contributed by atoms with Gasteiger partial charge >= 0.3 is 5.97 Å². The minimum absolute atomic E-state index is 0.0129. The number of aliphatic carboxylic acids is 1. The lowest BCUT2D eigenvalue weighted by Crippen LogP contribution is -2.57. The van der Waals surface area contributed by atoms with Crippen LogP contribution in [0.3, 0.4) is 0 Å². The zero-order valence-electron chi connectivity index (χ0n) is 18.4. The molecule has 0 aliphatic heterocycles. The van der Waals surface area contributed by atoms with Gasteiger partial charge in [-0.05, 0) is 55.0 Å². The first-order valence-electron chi connectivity index (χ1n) is 11.2. The fourth-order valence-corrected chi connectivity index (χ4v) is 5.57. The smallest absolute Gasteiger partial charge is 0.306 e. The van der Waals surface area contributed by atoms with E-state index in [1.807, 2.05) is 12.1 Å². The molecule has 4 N–H and O–H groups in total. The number of fused-ring (bicyclic) bond motifs is 1. The zero-order valence-corrected chi connectivity index (χ0v) is 18.4. The fraction of sp³-hybridized carbons (Fsp3) is 0.667. The summed E-state index contributed by atoms with van der Waals surface area (Å²) < 4.78 is 5.82. The van der Waals surface area contributed by atoms with Crippen LogP contribution in [0.1, 0.15) is 73.9 Å². The molecule has 0 aromatic heterocycles. The monoisotopic (exact) mass is 416 g/mol. The van der Waals surface area contributed by atoms with Crippen LogP contribution in [-0.4, -0.2) is 42.8 Å². The van der Waals surface area contributed by atoms with Gasteiger partial charge in [0.15, 0.2) is 0 Å². The summed E-state index contributed by atoms with van der Waals surface area (Å²) in [6, 6.07) is 5.67. The number of carbonyl (C=O) groups is 2. The van der Waals surface area contributed by atoms with E-state index in [-0.39, 0.29) is 29.4 Å². The number of hydrogen-bond donors (Lipinski definition) is 3. The fourth-order valence-electron chi connectivity index (χ4n) is 5.57. The lowest BCUT2D eigenvalue weighted by Gasteiger charge is -2.45. The third-order valence-corrected chi connectivity index (χ3v) is 7.32. The maximum absolute atomic E-state index is 11.9. The Morgan fingerprint density at radius 3 is 2.57 bits per heavy atom. The van der Waals surface area contributed by atoms with Crippen molar-refractivity contribution in [2.45, 2.75) is 76.4 Å². The second-order valence-corrected chi connectivity index (χ2v) is 9.50. The van der Waals surface area contributed by atoms with E-state index in [0.717, 1.165) is 37.7 Å². The van der Waals surface area contributed by atoms with Crippen LogP contribution in [0.2, 0.25) is 0 Å². The van der Waals surface area contributed by atoms with Gasteiger partial charge in [0.25, 0.3) is 0 Å². The summed E-state index contributed by atoms with van der Waals surface area (Å²) >= 11 is 0. The van der Waals surface area contributed by atoms with Gasteiger partial charge in [-0.1, -0.05) is 39.2 Å². The average Bonchev–Trinajstić information content (AvgIpc) is 2.72. The largest absolute Gasteiger partial charge is 0.481 e. The molecule has 6 heteroatoms. The summed E-state index contributed by atoms with van der Waals surface area (Å²) in [5.74, 6) is -1.11. The van der Waals surface area contributed by atoms with Crippen LogP contribution < -0.4 is 11.1 Å². The number of nitrogens with two attached hydrogens (primary N) is 1. The van der Waals surface area contributed by atoms with Gasteiger partial charge in [0.2, 0.25) is 5.91 Å². The predicted octanol–water partition coefficient (Wildman–Crippen LogP) is 3.26. The summed E-state index contributed by atoms with van der Waals surface area (Å²) in [6.07, 6.45) is 6.90. The number of primary amides is 1. The van der Waals surface area contributed by atoms with Crippen LogP contribution in [0.25, 0.3) is 0 Å². The van der Waals surface area contributed by atoms with Crippen LogP contribution in [0.15, 0.2) is 18.2 Å². The minimum Gasteiger partial charge on any atom is -0.481 e. The second kappa shape index (κ2) is 9.48. The molecular formula is C24H36N2O4. The number of amides is 1. The van der Waals surface area contributed by atoms with Crippen LogP contribution in [-0.2, 0) is 21.4 Å². The maximum atomic E-state index is 11.9. The van der Waals surface area contributed by atoms with Crippen LogP contribution in [0.4, 0.5) is 0 Å².